The standard InChI is InChI=1S/C22H28FN3O4S/c1-22(2,3)25-31(28,29)19-14-15(10-11-18(19)30-4)21(27)24-20-16(23)8-7-9-17(20)26-12-5-6-13-26/h7-11,14,25H,5-6,12-13H2,1-4H3,(H,24,27). The summed E-state index contributed by atoms with van der Waals surface area (Å²) in [5, 5.41) is 2.62. The van der Waals surface area contributed by atoms with Gasteiger partial charge in [-0.25, -0.2) is 17.5 Å². The van der Waals surface area contributed by atoms with Crippen molar-refractivity contribution in [3.63, 3.8) is 0 Å². The maximum absolute atomic E-state index is 14.6. The molecule has 168 valence electrons. The highest BCUT2D eigenvalue weighted by molar-refractivity contribution is 7.89. The SMILES string of the molecule is COc1ccc(C(=O)Nc2c(F)cccc2N2CCCC2)cc1S(=O)(=O)NC(C)(C)C. The molecule has 1 heterocycles. The fourth-order valence-electron chi connectivity index (χ4n) is 3.53. The van der Waals surface area contributed by atoms with Gasteiger partial charge in [-0.15, -0.1) is 0 Å². The second kappa shape index (κ2) is 8.84. The van der Waals surface area contributed by atoms with Crippen LogP contribution in [-0.2, 0) is 10.0 Å². The van der Waals surface area contributed by atoms with E-state index in [9.17, 15) is 17.6 Å². The van der Waals surface area contributed by atoms with E-state index >= 15 is 0 Å². The van der Waals surface area contributed by atoms with Crippen LogP contribution in [0.15, 0.2) is 41.3 Å². The molecule has 7 nitrogen and oxygen atoms in total. The van der Waals surface area contributed by atoms with Crippen molar-refractivity contribution in [2.75, 3.05) is 30.4 Å². The third kappa shape index (κ3) is 5.34. The Morgan fingerprint density at radius 3 is 2.42 bits per heavy atom. The Kier molecular flexibility index (Phi) is 6.56. The number of halogens is 1. The number of sulfonamides is 1. The fraction of sp³-hybridized carbons (Fsp3) is 0.409. The lowest BCUT2D eigenvalue weighted by atomic mass is 10.1. The molecule has 0 unspecified atom stereocenters. The molecule has 31 heavy (non-hydrogen) atoms. The van der Waals surface area contributed by atoms with Gasteiger partial charge in [-0.05, 0) is 63.9 Å². The number of nitrogens with one attached hydrogen (secondary N) is 2. The number of para-hydroxylation sites is 1. The van der Waals surface area contributed by atoms with Crippen molar-refractivity contribution in [3.05, 3.63) is 47.8 Å². The van der Waals surface area contributed by atoms with Gasteiger partial charge in [-0.2, -0.15) is 0 Å². The van der Waals surface area contributed by atoms with Gasteiger partial charge in [0.1, 0.15) is 22.1 Å². The molecule has 0 bridgehead atoms. The zero-order valence-corrected chi connectivity index (χ0v) is 19.0. The van der Waals surface area contributed by atoms with Crippen molar-refractivity contribution in [1.82, 2.24) is 4.72 Å². The summed E-state index contributed by atoms with van der Waals surface area (Å²) in [4.78, 5) is 14.8. The lowest BCUT2D eigenvalue weighted by Crippen LogP contribution is -2.40. The molecule has 0 spiro atoms. The van der Waals surface area contributed by atoms with Crippen LogP contribution in [0.25, 0.3) is 0 Å². The second-order valence-corrected chi connectivity index (χ2v) is 10.2. The molecule has 3 rings (SSSR count). The van der Waals surface area contributed by atoms with E-state index in [1.807, 2.05) is 4.90 Å². The van der Waals surface area contributed by atoms with Crippen LogP contribution in [0, 0.1) is 5.82 Å². The van der Waals surface area contributed by atoms with Crippen LogP contribution in [0.2, 0.25) is 0 Å². The third-order valence-corrected chi connectivity index (χ3v) is 6.61. The first-order valence-corrected chi connectivity index (χ1v) is 11.6. The van der Waals surface area contributed by atoms with Crippen LogP contribution >= 0.6 is 0 Å². The summed E-state index contributed by atoms with van der Waals surface area (Å²) in [5.74, 6) is -1.05. The largest absolute Gasteiger partial charge is 0.495 e. The van der Waals surface area contributed by atoms with Gasteiger partial charge in [0.15, 0.2) is 0 Å². The summed E-state index contributed by atoms with van der Waals surface area (Å²) in [6.45, 7) is 6.72. The number of rotatable bonds is 6. The quantitative estimate of drug-likeness (QED) is 0.701. The highest BCUT2D eigenvalue weighted by Gasteiger charge is 2.27. The zero-order chi connectivity index (χ0) is 22.8. The maximum Gasteiger partial charge on any atom is 0.255 e. The van der Waals surface area contributed by atoms with E-state index in [1.54, 1.807) is 32.9 Å². The highest BCUT2D eigenvalue weighted by Crippen LogP contribution is 2.32. The van der Waals surface area contributed by atoms with Gasteiger partial charge in [-0.1, -0.05) is 6.07 Å². The third-order valence-electron chi connectivity index (χ3n) is 4.83. The van der Waals surface area contributed by atoms with Crippen molar-refractivity contribution in [1.29, 1.82) is 0 Å². The van der Waals surface area contributed by atoms with Gasteiger partial charge in [0.2, 0.25) is 10.0 Å². The van der Waals surface area contributed by atoms with Crippen LogP contribution in [0.3, 0.4) is 0 Å². The van der Waals surface area contributed by atoms with Crippen molar-refractivity contribution < 1.29 is 22.3 Å². The molecule has 0 aliphatic carbocycles. The molecular weight excluding hydrogens is 421 g/mol. The lowest BCUT2D eigenvalue weighted by molar-refractivity contribution is 0.102. The number of ether oxygens (including phenoxy) is 1. The summed E-state index contributed by atoms with van der Waals surface area (Å²) in [6, 6.07) is 8.75. The average Bonchev–Trinajstić information content (AvgIpc) is 3.21. The molecule has 0 radical (unpaired) electrons. The Bertz CT molecular complexity index is 1070. The first-order valence-electron chi connectivity index (χ1n) is 10.1. The molecule has 1 aliphatic rings. The summed E-state index contributed by atoms with van der Waals surface area (Å²) in [6.07, 6.45) is 2.01. The van der Waals surface area contributed by atoms with E-state index in [-0.39, 0.29) is 21.9 Å². The Labute approximate surface area is 182 Å². The summed E-state index contributed by atoms with van der Waals surface area (Å²) in [7, 11) is -2.60. The van der Waals surface area contributed by atoms with Gasteiger partial charge in [0.05, 0.1) is 12.8 Å². The number of hydrogen-bond acceptors (Lipinski definition) is 5. The van der Waals surface area contributed by atoms with Gasteiger partial charge in [-0.3, -0.25) is 4.79 Å². The Morgan fingerprint density at radius 2 is 1.81 bits per heavy atom. The number of carbonyl (C=O) groups is 1. The van der Waals surface area contributed by atoms with E-state index < -0.39 is 27.3 Å². The molecular formula is C22H28FN3O4S. The number of methoxy groups -OCH3 is 1. The van der Waals surface area contributed by atoms with Crippen LogP contribution in [0.5, 0.6) is 5.75 Å². The van der Waals surface area contributed by atoms with Crippen molar-refractivity contribution in [2.24, 2.45) is 0 Å². The normalized spacial score (nSPS) is 14.5. The molecule has 1 fully saturated rings. The smallest absolute Gasteiger partial charge is 0.255 e. The van der Waals surface area contributed by atoms with Crippen LogP contribution in [-0.4, -0.2) is 40.1 Å². The summed E-state index contributed by atoms with van der Waals surface area (Å²) in [5.41, 5.74) is 0.0506. The van der Waals surface area contributed by atoms with Crippen LogP contribution in [0.1, 0.15) is 44.0 Å². The van der Waals surface area contributed by atoms with Gasteiger partial charge >= 0.3 is 0 Å². The summed E-state index contributed by atoms with van der Waals surface area (Å²) < 4.78 is 48.0. The van der Waals surface area contributed by atoms with E-state index in [2.05, 4.69) is 10.0 Å². The molecule has 1 amide bonds. The molecule has 1 saturated heterocycles. The summed E-state index contributed by atoms with van der Waals surface area (Å²) >= 11 is 0. The Balaban J connectivity index is 1.95. The number of hydrogen-bond donors (Lipinski definition) is 2. The minimum Gasteiger partial charge on any atom is -0.495 e. The molecule has 2 aromatic rings. The molecule has 1 aliphatic heterocycles. The Morgan fingerprint density at radius 1 is 1.13 bits per heavy atom. The monoisotopic (exact) mass is 449 g/mol. The molecule has 9 heteroatoms. The number of anilines is 2. The fourth-order valence-corrected chi connectivity index (χ4v) is 5.14. The molecule has 2 N–H and O–H groups in total. The van der Waals surface area contributed by atoms with Crippen LogP contribution in [0.4, 0.5) is 15.8 Å². The zero-order valence-electron chi connectivity index (χ0n) is 18.2. The first-order chi connectivity index (χ1) is 14.5. The predicted octanol–water partition coefficient (Wildman–Crippen LogP) is 3.76. The van der Waals surface area contributed by atoms with Crippen molar-refractivity contribution >= 4 is 27.3 Å². The number of carbonyl (C=O) groups excluding carboxylic acids is 1. The second-order valence-electron chi connectivity index (χ2n) is 8.50. The van der Waals surface area contributed by atoms with E-state index in [1.165, 1.54) is 31.4 Å². The van der Waals surface area contributed by atoms with E-state index in [0.29, 0.717) is 5.69 Å². The van der Waals surface area contributed by atoms with Gasteiger partial charge in [0.25, 0.3) is 5.91 Å². The molecule has 2 aromatic carbocycles. The van der Waals surface area contributed by atoms with Crippen molar-refractivity contribution in [3.8, 4) is 5.75 Å². The predicted molar refractivity (Wildman–Crippen MR) is 119 cm³/mol. The number of nitrogens with zero attached hydrogens (tertiary/aromatic N) is 1. The Hall–Kier alpha value is -2.65. The molecule has 0 saturated carbocycles. The number of amides is 1. The lowest BCUT2D eigenvalue weighted by Gasteiger charge is -2.22. The van der Waals surface area contributed by atoms with Gasteiger partial charge < -0.3 is 15.0 Å². The number of benzene rings is 2. The first kappa shape index (κ1) is 23.0. The van der Waals surface area contributed by atoms with Crippen molar-refractivity contribution in [2.45, 2.75) is 44.0 Å². The van der Waals surface area contributed by atoms with E-state index in [0.717, 1.165) is 25.9 Å². The molecule has 0 atom stereocenters. The van der Waals surface area contributed by atoms with Gasteiger partial charge in [0, 0.05) is 24.2 Å². The minimum atomic E-state index is -3.96. The topological polar surface area (TPSA) is 87.7 Å². The molecule has 0 aromatic heterocycles. The highest BCUT2D eigenvalue weighted by atomic mass is 32.2. The minimum absolute atomic E-state index is 0.0747. The van der Waals surface area contributed by atoms with Crippen LogP contribution < -0.4 is 19.7 Å². The maximum atomic E-state index is 14.6. The van der Waals surface area contributed by atoms with E-state index in [4.69, 9.17) is 4.74 Å². The average molecular weight is 450 g/mol.